The summed E-state index contributed by atoms with van der Waals surface area (Å²) in [5, 5.41) is 11.6. The SMILES string of the molecule is Cc1cc(C(N)=O)c(F)cc1Nc1ncc(N(C)C)c(N(C=O)CCCCC#N)n1. The Hall–Kier alpha value is -3.74. The molecule has 1 aromatic heterocycles. The maximum absolute atomic E-state index is 14.2. The number of amides is 2. The molecule has 0 aliphatic rings. The number of hydrogen-bond acceptors (Lipinski definition) is 7. The number of hydrogen-bond donors (Lipinski definition) is 2. The van der Waals surface area contributed by atoms with Gasteiger partial charge in [-0.25, -0.2) is 9.37 Å². The first-order valence-corrected chi connectivity index (χ1v) is 9.28. The van der Waals surface area contributed by atoms with Crippen LogP contribution in [0.25, 0.3) is 0 Å². The lowest BCUT2D eigenvalue weighted by Crippen LogP contribution is -2.26. The van der Waals surface area contributed by atoms with E-state index in [0.29, 0.717) is 55.0 Å². The number of primary amides is 1. The first-order chi connectivity index (χ1) is 14.3. The van der Waals surface area contributed by atoms with Crippen LogP contribution in [-0.2, 0) is 4.79 Å². The van der Waals surface area contributed by atoms with Crippen molar-refractivity contribution in [1.82, 2.24) is 9.97 Å². The van der Waals surface area contributed by atoms with E-state index in [1.54, 1.807) is 32.1 Å². The topological polar surface area (TPSA) is 128 Å². The molecule has 1 aromatic carbocycles. The monoisotopic (exact) mass is 413 g/mol. The average molecular weight is 413 g/mol. The number of nitrogens with two attached hydrogens (primary N) is 1. The van der Waals surface area contributed by atoms with E-state index < -0.39 is 11.7 Å². The number of rotatable bonds is 10. The fourth-order valence-electron chi connectivity index (χ4n) is 2.77. The van der Waals surface area contributed by atoms with Gasteiger partial charge in [0, 0.05) is 32.7 Å². The third-order valence-corrected chi connectivity index (χ3v) is 4.39. The van der Waals surface area contributed by atoms with Crippen LogP contribution in [0.2, 0.25) is 0 Å². The van der Waals surface area contributed by atoms with Crippen LogP contribution in [0.15, 0.2) is 18.3 Å². The number of nitrogens with one attached hydrogen (secondary N) is 1. The molecule has 0 saturated carbocycles. The molecule has 158 valence electrons. The number of halogens is 1. The minimum absolute atomic E-state index is 0.161. The normalized spacial score (nSPS) is 10.2. The number of aromatic nitrogens is 2. The van der Waals surface area contributed by atoms with Crippen LogP contribution >= 0.6 is 0 Å². The quantitative estimate of drug-likeness (QED) is 0.452. The Morgan fingerprint density at radius 1 is 1.37 bits per heavy atom. The molecule has 0 saturated heterocycles. The molecule has 1 heterocycles. The highest BCUT2D eigenvalue weighted by Crippen LogP contribution is 2.28. The minimum Gasteiger partial charge on any atom is -0.373 e. The van der Waals surface area contributed by atoms with Gasteiger partial charge in [-0.15, -0.1) is 0 Å². The Bertz CT molecular complexity index is 972. The summed E-state index contributed by atoms with van der Waals surface area (Å²) in [7, 11) is 3.60. The highest BCUT2D eigenvalue weighted by Gasteiger charge is 2.17. The molecule has 0 aliphatic heterocycles. The number of benzene rings is 1. The molecule has 0 atom stereocenters. The molecule has 30 heavy (non-hydrogen) atoms. The van der Waals surface area contributed by atoms with Gasteiger partial charge in [0.15, 0.2) is 5.82 Å². The Morgan fingerprint density at radius 2 is 2.10 bits per heavy atom. The van der Waals surface area contributed by atoms with Crippen LogP contribution in [0, 0.1) is 24.1 Å². The van der Waals surface area contributed by atoms with Crippen LogP contribution in [0.3, 0.4) is 0 Å². The van der Waals surface area contributed by atoms with Gasteiger partial charge in [0.25, 0.3) is 5.91 Å². The highest BCUT2D eigenvalue weighted by molar-refractivity contribution is 5.94. The van der Waals surface area contributed by atoms with E-state index >= 15 is 0 Å². The molecule has 0 bridgehead atoms. The molecule has 2 amide bonds. The summed E-state index contributed by atoms with van der Waals surface area (Å²) in [6.45, 7) is 2.08. The second kappa shape index (κ2) is 10.2. The summed E-state index contributed by atoms with van der Waals surface area (Å²) < 4.78 is 14.2. The Kier molecular flexibility index (Phi) is 7.63. The fraction of sp³-hybridized carbons (Fsp3) is 0.350. The molecular weight excluding hydrogens is 389 g/mol. The summed E-state index contributed by atoms with van der Waals surface area (Å²) in [6, 6.07) is 4.58. The Morgan fingerprint density at radius 3 is 2.70 bits per heavy atom. The van der Waals surface area contributed by atoms with E-state index in [4.69, 9.17) is 11.0 Å². The van der Waals surface area contributed by atoms with E-state index in [1.807, 2.05) is 0 Å². The summed E-state index contributed by atoms with van der Waals surface area (Å²) in [6.07, 6.45) is 3.96. The Balaban J connectivity index is 2.35. The number of unbranched alkanes of at least 4 members (excludes halogenated alkanes) is 2. The van der Waals surface area contributed by atoms with Gasteiger partial charge in [0.1, 0.15) is 5.82 Å². The second-order valence-electron chi connectivity index (χ2n) is 6.85. The van der Waals surface area contributed by atoms with Crippen LogP contribution in [-0.4, -0.2) is 42.9 Å². The van der Waals surface area contributed by atoms with Crippen molar-refractivity contribution in [2.24, 2.45) is 5.73 Å². The molecule has 0 unspecified atom stereocenters. The van der Waals surface area contributed by atoms with Crippen molar-refractivity contribution in [1.29, 1.82) is 5.26 Å². The highest BCUT2D eigenvalue weighted by atomic mass is 19.1. The van der Waals surface area contributed by atoms with Crippen LogP contribution in [0.1, 0.15) is 35.2 Å². The third kappa shape index (κ3) is 5.41. The lowest BCUT2D eigenvalue weighted by atomic mass is 10.1. The van der Waals surface area contributed by atoms with Crippen molar-refractivity contribution in [3.8, 4) is 6.07 Å². The standard InChI is InChI=1S/C20H24FN7O2/c1-13-9-14(18(23)30)15(21)10-16(13)25-20-24-11-17(27(2)3)19(26-20)28(12-29)8-6-4-5-7-22/h9-12H,4-6,8H2,1-3H3,(H2,23,30)(H,24,25,26). The van der Waals surface area contributed by atoms with Crippen molar-refractivity contribution >= 4 is 35.5 Å². The van der Waals surface area contributed by atoms with E-state index in [9.17, 15) is 14.0 Å². The lowest BCUT2D eigenvalue weighted by molar-refractivity contribution is -0.107. The molecule has 10 heteroatoms. The van der Waals surface area contributed by atoms with Crippen molar-refractivity contribution in [3.05, 3.63) is 35.3 Å². The third-order valence-electron chi connectivity index (χ3n) is 4.39. The molecule has 0 fully saturated rings. The van der Waals surface area contributed by atoms with Gasteiger partial charge >= 0.3 is 0 Å². The second-order valence-corrected chi connectivity index (χ2v) is 6.85. The maximum Gasteiger partial charge on any atom is 0.251 e. The molecular formula is C20H24FN7O2. The van der Waals surface area contributed by atoms with Gasteiger partial charge in [-0.05, 0) is 37.5 Å². The number of nitriles is 1. The summed E-state index contributed by atoms with van der Waals surface area (Å²) in [4.78, 5) is 34.9. The van der Waals surface area contributed by atoms with E-state index in [2.05, 4.69) is 21.4 Å². The first kappa shape index (κ1) is 22.5. The number of nitrogens with zero attached hydrogens (tertiary/aromatic N) is 5. The summed E-state index contributed by atoms with van der Waals surface area (Å²) >= 11 is 0. The van der Waals surface area contributed by atoms with Crippen molar-refractivity contribution in [3.63, 3.8) is 0 Å². The smallest absolute Gasteiger partial charge is 0.251 e. The number of anilines is 4. The zero-order chi connectivity index (χ0) is 22.3. The van der Waals surface area contributed by atoms with Crippen molar-refractivity contribution in [2.45, 2.75) is 26.2 Å². The molecule has 2 rings (SSSR count). The van der Waals surface area contributed by atoms with Gasteiger partial charge in [-0.2, -0.15) is 10.2 Å². The molecule has 0 spiro atoms. The zero-order valence-electron chi connectivity index (χ0n) is 17.1. The fourth-order valence-corrected chi connectivity index (χ4v) is 2.77. The van der Waals surface area contributed by atoms with Gasteiger partial charge < -0.3 is 16.0 Å². The maximum atomic E-state index is 14.2. The van der Waals surface area contributed by atoms with E-state index in [-0.39, 0.29) is 11.5 Å². The minimum atomic E-state index is -0.853. The average Bonchev–Trinajstić information content (AvgIpc) is 2.70. The van der Waals surface area contributed by atoms with E-state index in [1.165, 1.54) is 11.0 Å². The van der Waals surface area contributed by atoms with Gasteiger partial charge in [0.05, 0.1) is 23.5 Å². The van der Waals surface area contributed by atoms with Gasteiger partial charge in [0.2, 0.25) is 12.4 Å². The molecule has 3 N–H and O–H groups in total. The van der Waals surface area contributed by atoms with Crippen LogP contribution in [0.5, 0.6) is 0 Å². The summed E-state index contributed by atoms with van der Waals surface area (Å²) in [5.41, 5.74) is 6.54. The van der Waals surface area contributed by atoms with E-state index in [0.717, 1.165) is 6.07 Å². The summed E-state index contributed by atoms with van der Waals surface area (Å²) in [5.74, 6) is -1.06. The molecule has 9 nitrogen and oxygen atoms in total. The van der Waals surface area contributed by atoms with Gasteiger partial charge in [-0.1, -0.05) is 0 Å². The van der Waals surface area contributed by atoms with Crippen LogP contribution < -0.4 is 20.9 Å². The van der Waals surface area contributed by atoms with Crippen molar-refractivity contribution in [2.75, 3.05) is 35.8 Å². The van der Waals surface area contributed by atoms with Crippen molar-refractivity contribution < 1.29 is 14.0 Å². The van der Waals surface area contributed by atoms with Crippen LogP contribution in [0.4, 0.5) is 27.5 Å². The first-order valence-electron chi connectivity index (χ1n) is 9.28. The molecule has 0 aliphatic carbocycles. The number of carbonyl (C=O) groups excluding carboxylic acids is 2. The predicted molar refractivity (Wildman–Crippen MR) is 112 cm³/mol. The zero-order valence-corrected chi connectivity index (χ0v) is 17.1. The van der Waals surface area contributed by atoms with Gasteiger partial charge in [-0.3, -0.25) is 14.5 Å². The molecule has 0 radical (unpaired) electrons. The number of carbonyl (C=O) groups is 2. The molecule has 2 aromatic rings. The Labute approximate surface area is 174 Å². The predicted octanol–water partition coefficient (Wildman–Crippen LogP) is 2.49. The lowest BCUT2D eigenvalue weighted by Gasteiger charge is -2.23. The largest absolute Gasteiger partial charge is 0.373 e. The number of aryl methyl sites for hydroxylation is 1.